The van der Waals surface area contributed by atoms with Gasteiger partial charge in [-0.15, -0.1) is 0 Å². The third-order valence-corrected chi connectivity index (χ3v) is 11.6. The van der Waals surface area contributed by atoms with E-state index in [1.54, 1.807) is 0 Å². The number of carboxylic acids is 2. The summed E-state index contributed by atoms with van der Waals surface area (Å²) < 4.78 is 44.8. The number of Topliss-reactive ketones (excluding diaryl/α,β-unsaturated/α-hetero) is 1. The molecular formula is C48H82N10O21. The summed E-state index contributed by atoms with van der Waals surface area (Å²) in [5.41, 5.74) is 22.2. The number of nitrogens with one attached hydrogen (secondary N) is 3. The highest BCUT2D eigenvalue weighted by molar-refractivity contribution is 5.86. The second-order valence-corrected chi connectivity index (χ2v) is 18.0. The van der Waals surface area contributed by atoms with Crippen LogP contribution in [0.4, 0.5) is 0 Å². The molecule has 2 aliphatic rings. The molecule has 0 bridgehead atoms. The average molecular weight is 1140 g/mol. The zero-order valence-electron chi connectivity index (χ0n) is 44.9. The van der Waals surface area contributed by atoms with Gasteiger partial charge in [0.2, 0.25) is 35.1 Å². The summed E-state index contributed by atoms with van der Waals surface area (Å²) in [6.45, 7) is 4.65. The van der Waals surface area contributed by atoms with E-state index in [0.717, 1.165) is 18.6 Å². The number of carbonyl (C=O) groups excluding carboxylic acids is 5. The minimum atomic E-state index is -1.68. The van der Waals surface area contributed by atoms with Gasteiger partial charge in [0.05, 0.1) is 96.7 Å². The summed E-state index contributed by atoms with van der Waals surface area (Å²) in [4.78, 5) is 97.5. The van der Waals surface area contributed by atoms with E-state index in [0.29, 0.717) is 33.0 Å². The Kier molecular flexibility index (Phi) is 33.4. The number of ketones is 1. The highest BCUT2D eigenvalue weighted by Crippen LogP contribution is 2.28. The Morgan fingerprint density at radius 3 is 1.51 bits per heavy atom. The van der Waals surface area contributed by atoms with Gasteiger partial charge < -0.3 is 112 Å². The first-order valence-electron chi connectivity index (χ1n) is 25.8. The monoisotopic (exact) mass is 1130 g/mol. The third-order valence-electron chi connectivity index (χ3n) is 11.6. The van der Waals surface area contributed by atoms with Crippen LogP contribution >= 0.6 is 0 Å². The number of rotatable bonds is 42. The van der Waals surface area contributed by atoms with Crippen molar-refractivity contribution >= 4 is 53.3 Å². The van der Waals surface area contributed by atoms with Crippen LogP contribution in [0.2, 0.25) is 0 Å². The molecule has 0 radical (unpaired) electrons. The number of carboxylic acid groups (broad SMARTS) is 2. The van der Waals surface area contributed by atoms with Crippen LogP contribution in [0.5, 0.6) is 0 Å². The van der Waals surface area contributed by atoms with E-state index in [1.807, 2.05) is 6.92 Å². The number of hydrogen-bond acceptors (Lipinski definition) is 21. The molecule has 0 aromatic rings. The highest BCUT2D eigenvalue weighted by atomic mass is 16.6. The van der Waals surface area contributed by atoms with E-state index in [-0.39, 0.29) is 103 Å². The number of aliphatic hydroxyl groups is 4. The van der Waals surface area contributed by atoms with Crippen LogP contribution in [0.3, 0.4) is 0 Å². The molecular weight excluding hydrogens is 1050 g/mol. The molecule has 0 aromatic heterocycles. The minimum absolute atomic E-state index is 0.0207. The van der Waals surface area contributed by atoms with Crippen molar-refractivity contribution in [3.05, 3.63) is 23.7 Å². The fourth-order valence-corrected chi connectivity index (χ4v) is 8.01. The Morgan fingerprint density at radius 1 is 0.620 bits per heavy atom. The Labute approximate surface area is 457 Å². The Morgan fingerprint density at radius 2 is 1.08 bits per heavy atom. The number of nitrogens with zero attached hydrogens (tertiary/aromatic N) is 3. The van der Waals surface area contributed by atoms with Crippen molar-refractivity contribution in [3.8, 4) is 0 Å². The van der Waals surface area contributed by atoms with Gasteiger partial charge in [-0.1, -0.05) is 6.92 Å². The topological polar surface area (TPSA) is 483 Å². The average Bonchev–Trinajstić information content (AvgIpc) is 3.44. The predicted octanol–water partition coefficient (Wildman–Crippen LogP) is -5.18. The SMILES string of the molecule is CCCOCCOCCOCCOCCC(=O)N(CCCC(=O)NCCO[C@@H]([C@@H]1OC(C(=O)O)=C[C@H](N=C(N)N)[C@H]1NC(C)=O)[C@H](O)CO)CCC(=O)CCCO[C@@H]([C@@H]1OC(C(=O)O)=C[C@H](N=C(N)N)[C@H]1NC(C)=O)[C@H](O)CO. The van der Waals surface area contributed by atoms with Gasteiger partial charge in [-0.25, -0.2) is 19.6 Å². The molecule has 0 aliphatic carbocycles. The lowest BCUT2D eigenvalue weighted by Crippen LogP contribution is -2.60. The van der Waals surface area contributed by atoms with Crippen molar-refractivity contribution in [3.63, 3.8) is 0 Å². The van der Waals surface area contributed by atoms with E-state index in [2.05, 4.69) is 25.9 Å². The van der Waals surface area contributed by atoms with Crippen molar-refractivity contribution in [2.24, 2.45) is 32.9 Å². The zero-order valence-corrected chi connectivity index (χ0v) is 44.9. The highest BCUT2D eigenvalue weighted by Gasteiger charge is 2.46. The fourth-order valence-electron chi connectivity index (χ4n) is 8.01. The summed E-state index contributed by atoms with van der Waals surface area (Å²) in [5.74, 6) is -7.49. The van der Waals surface area contributed by atoms with Gasteiger partial charge in [0.1, 0.15) is 30.2 Å². The number of nitrogens with two attached hydrogens (primary N) is 4. The molecule has 31 nitrogen and oxygen atoms in total. The summed E-state index contributed by atoms with van der Waals surface area (Å²) in [7, 11) is 0. The lowest BCUT2D eigenvalue weighted by molar-refractivity contribution is -0.154. The Balaban J connectivity index is 2.08. The van der Waals surface area contributed by atoms with Crippen LogP contribution in [0, 0.1) is 0 Å². The van der Waals surface area contributed by atoms with Crippen molar-refractivity contribution in [1.82, 2.24) is 20.9 Å². The van der Waals surface area contributed by atoms with Crippen LogP contribution < -0.4 is 38.9 Å². The molecule has 31 heteroatoms. The first kappa shape index (κ1) is 68.8. The van der Waals surface area contributed by atoms with Crippen LogP contribution in [0.25, 0.3) is 0 Å². The van der Waals surface area contributed by atoms with Crippen molar-refractivity contribution in [2.75, 3.05) is 98.9 Å². The van der Waals surface area contributed by atoms with Gasteiger partial charge in [-0.2, -0.15) is 0 Å². The normalized spacial score (nSPS) is 20.3. The number of ether oxygens (including phenoxy) is 8. The molecule has 450 valence electrons. The van der Waals surface area contributed by atoms with Crippen LogP contribution in [0.15, 0.2) is 33.7 Å². The fraction of sp³-hybridized carbons (Fsp3) is 0.729. The number of aliphatic hydroxyl groups excluding tert-OH is 4. The molecule has 4 amide bonds. The maximum Gasteiger partial charge on any atom is 0.370 e. The number of aliphatic carboxylic acids is 2. The zero-order chi connectivity index (χ0) is 58.9. The Hall–Kier alpha value is -6.29. The summed E-state index contributed by atoms with van der Waals surface area (Å²) in [6, 6.07) is -4.72. The minimum Gasteiger partial charge on any atom is -0.478 e. The van der Waals surface area contributed by atoms with E-state index in [9.17, 15) is 64.2 Å². The second-order valence-electron chi connectivity index (χ2n) is 18.0. The van der Waals surface area contributed by atoms with E-state index >= 15 is 0 Å². The Bertz CT molecular complexity index is 2040. The van der Waals surface area contributed by atoms with Gasteiger partial charge in [-0.3, -0.25) is 24.0 Å². The molecule has 2 heterocycles. The van der Waals surface area contributed by atoms with Gasteiger partial charge in [0.25, 0.3) is 0 Å². The van der Waals surface area contributed by atoms with Crippen molar-refractivity contribution in [2.45, 2.75) is 127 Å². The maximum atomic E-state index is 13.5. The van der Waals surface area contributed by atoms with Crippen molar-refractivity contribution < 1.29 is 102 Å². The summed E-state index contributed by atoms with van der Waals surface area (Å²) in [5, 5.41) is 68.5. The lowest BCUT2D eigenvalue weighted by atomic mass is 9.92. The van der Waals surface area contributed by atoms with Crippen LogP contribution in [-0.2, 0) is 71.5 Å². The first-order valence-corrected chi connectivity index (χ1v) is 25.8. The molecule has 2 aliphatic heterocycles. The quantitative estimate of drug-likeness (QED) is 0.0154. The van der Waals surface area contributed by atoms with Crippen LogP contribution in [-0.4, -0.2) is 249 Å². The first-order chi connectivity index (χ1) is 37.6. The standard InChI is InChI=1S/C48H82N10O21/c1-4-14-72-18-20-74-22-23-75-21-19-73-16-10-38(67)58(13-9-30(63)7-6-15-76-41(33(64)26-59)43-39(54-28(2)61)31(56-47(49)50)24-35(78-43)45(68)69)12-5-8-37(66)53-11-17-77-42(34(65)27-60)44-40(55-29(3)62)32(57-48(51)52)25-36(79-44)46(70)71/h24-25,31-34,39-44,59-60,64-65H,4-23,26-27H2,1-3H3,(H,53,66)(H,54,61)(H,55,62)(H,68,69)(H,70,71)(H4,49,50,56)(H4,51,52,57)/t31-,32-,33+,34+,39+,40+,41+,42+,43+,44+/m0/s1. The van der Waals surface area contributed by atoms with Gasteiger partial charge in [-0.05, 0) is 31.4 Å². The molecule has 0 unspecified atom stereocenters. The molecule has 10 atom stereocenters. The predicted molar refractivity (Wildman–Crippen MR) is 277 cm³/mol. The van der Waals surface area contributed by atoms with E-state index in [4.69, 9.17) is 60.8 Å². The lowest BCUT2D eigenvalue weighted by Gasteiger charge is -2.40. The number of carbonyl (C=O) groups is 7. The summed E-state index contributed by atoms with van der Waals surface area (Å²) >= 11 is 0. The van der Waals surface area contributed by atoms with Gasteiger partial charge in [0.15, 0.2) is 24.1 Å². The molecule has 79 heavy (non-hydrogen) atoms. The molecule has 0 aromatic carbocycles. The number of guanidine groups is 2. The second kappa shape index (κ2) is 38.3. The van der Waals surface area contributed by atoms with Gasteiger partial charge >= 0.3 is 11.9 Å². The largest absolute Gasteiger partial charge is 0.478 e. The smallest absolute Gasteiger partial charge is 0.370 e. The molecule has 17 N–H and O–H groups in total. The molecule has 0 saturated carbocycles. The molecule has 2 rings (SSSR count). The molecule has 0 saturated heterocycles. The van der Waals surface area contributed by atoms with E-state index < -0.39 is 127 Å². The number of hydrogen-bond donors (Lipinski definition) is 13. The molecule has 0 spiro atoms. The van der Waals surface area contributed by atoms with Crippen LogP contribution in [0.1, 0.15) is 65.7 Å². The van der Waals surface area contributed by atoms with Gasteiger partial charge in [0, 0.05) is 66.0 Å². The van der Waals surface area contributed by atoms with Crippen molar-refractivity contribution in [1.29, 1.82) is 0 Å². The third kappa shape index (κ3) is 27.0. The summed E-state index contributed by atoms with van der Waals surface area (Å²) in [6.07, 6.45) is -6.34. The number of amides is 4. The molecule has 0 fully saturated rings. The maximum absolute atomic E-state index is 13.5. The van der Waals surface area contributed by atoms with E-state index in [1.165, 1.54) is 18.7 Å². The number of aliphatic imine (C=N–C) groups is 2.